The highest BCUT2D eigenvalue weighted by Crippen LogP contribution is 2.19. The molecule has 2 aromatic rings. The largest absolute Gasteiger partial charge is 0.472 e. The maximum absolute atomic E-state index is 13.7. The topological polar surface area (TPSA) is 36.7 Å². The average molecular weight is 344 g/mol. The van der Waals surface area contributed by atoms with Crippen LogP contribution in [0.15, 0.2) is 47.3 Å². The van der Waals surface area contributed by atoms with E-state index in [2.05, 4.69) is 4.90 Å². The zero-order valence-corrected chi connectivity index (χ0v) is 14.7. The second-order valence-corrected chi connectivity index (χ2v) is 6.85. The Morgan fingerprint density at radius 1 is 1.36 bits per heavy atom. The van der Waals surface area contributed by atoms with E-state index in [0.29, 0.717) is 11.5 Å². The van der Waals surface area contributed by atoms with Crippen molar-refractivity contribution in [3.63, 3.8) is 0 Å². The van der Waals surface area contributed by atoms with Crippen LogP contribution < -0.4 is 0 Å². The van der Waals surface area contributed by atoms with Crippen LogP contribution in [0.5, 0.6) is 0 Å². The van der Waals surface area contributed by atoms with E-state index in [-0.39, 0.29) is 11.7 Å². The lowest BCUT2D eigenvalue weighted by molar-refractivity contribution is 0.0729. The summed E-state index contributed by atoms with van der Waals surface area (Å²) in [5.41, 5.74) is 1.37. The van der Waals surface area contributed by atoms with E-state index in [4.69, 9.17) is 4.42 Å². The van der Waals surface area contributed by atoms with E-state index in [1.807, 2.05) is 19.2 Å². The van der Waals surface area contributed by atoms with Gasteiger partial charge in [-0.1, -0.05) is 18.2 Å². The molecule has 1 aromatic heterocycles. The number of benzene rings is 1. The lowest BCUT2D eigenvalue weighted by atomic mass is 9.97. The van der Waals surface area contributed by atoms with Crippen molar-refractivity contribution in [3.8, 4) is 0 Å². The monoisotopic (exact) mass is 344 g/mol. The van der Waals surface area contributed by atoms with Crippen LogP contribution in [0.3, 0.4) is 0 Å². The minimum Gasteiger partial charge on any atom is -0.472 e. The van der Waals surface area contributed by atoms with Crippen LogP contribution in [0.1, 0.15) is 28.8 Å². The van der Waals surface area contributed by atoms with E-state index < -0.39 is 0 Å². The van der Waals surface area contributed by atoms with Crippen molar-refractivity contribution < 1.29 is 13.6 Å². The number of carbonyl (C=O) groups excluding carboxylic acids is 1. The van der Waals surface area contributed by atoms with Crippen molar-refractivity contribution in [2.24, 2.45) is 5.92 Å². The van der Waals surface area contributed by atoms with Crippen molar-refractivity contribution in [1.29, 1.82) is 0 Å². The number of piperidine rings is 1. The van der Waals surface area contributed by atoms with Gasteiger partial charge in [-0.05, 0) is 49.4 Å². The summed E-state index contributed by atoms with van der Waals surface area (Å²) >= 11 is 0. The molecule has 1 aliphatic heterocycles. The molecule has 4 nitrogen and oxygen atoms in total. The van der Waals surface area contributed by atoms with Crippen molar-refractivity contribution >= 4 is 5.91 Å². The molecule has 0 radical (unpaired) electrons. The molecular weight excluding hydrogens is 319 g/mol. The Hall–Kier alpha value is -2.14. The predicted octanol–water partition coefficient (Wildman–Crippen LogP) is 3.45. The van der Waals surface area contributed by atoms with Gasteiger partial charge in [0, 0.05) is 26.7 Å². The highest BCUT2D eigenvalue weighted by Gasteiger charge is 2.23. The second-order valence-electron chi connectivity index (χ2n) is 6.85. The van der Waals surface area contributed by atoms with Crippen molar-refractivity contribution in [2.75, 3.05) is 33.2 Å². The summed E-state index contributed by atoms with van der Waals surface area (Å²) in [5, 5.41) is 0. The quantitative estimate of drug-likeness (QED) is 0.805. The molecule has 0 spiro atoms. The Balaban J connectivity index is 1.49. The van der Waals surface area contributed by atoms with Gasteiger partial charge in [0.2, 0.25) is 0 Å². The van der Waals surface area contributed by atoms with Gasteiger partial charge in [-0.2, -0.15) is 0 Å². The lowest BCUT2D eigenvalue weighted by Gasteiger charge is -2.34. The third-order valence-electron chi connectivity index (χ3n) is 4.91. The molecule has 0 saturated carbocycles. The molecule has 3 rings (SSSR count). The van der Waals surface area contributed by atoms with Crippen LogP contribution in [0, 0.1) is 11.7 Å². The first-order chi connectivity index (χ1) is 12.1. The number of carbonyl (C=O) groups is 1. The number of amides is 1. The highest BCUT2D eigenvalue weighted by atomic mass is 19.1. The van der Waals surface area contributed by atoms with E-state index in [0.717, 1.165) is 51.0 Å². The molecule has 5 heteroatoms. The number of hydrogen-bond donors (Lipinski definition) is 0. The summed E-state index contributed by atoms with van der Waals surface area (Å²) in [6, 6.07) is 8.68. The molecule has 0 unspecified atom stereocenters. The minimum absolute atomic E-state index is 0.00256. The molecule has 1 fully saturated rings. The van der Waals surface area contributed by atoms with Crippen LogP contribution in [-0.4, -0.2) is 48.9 Å². The molecule has 25 heavy (non-hydrogen) atoms. The highest BCUT2D eigenvalue weighted by molar-refractivity contribution is 5.93. The Morgan fingerprint density at radius 3 is 2.96 bits per heavy atom. The Morgan fingerprint density at radius 2 is 2.20 bits per heavy atom. The van der Waals surface area contributed by atoms with Gasteiger partial charge in [-0.15, -0.1) is 0 Å². The second kappa shape index (κ2) is 8.30. The molecule has 1 aromatic carbocycles. The van der Waals surface area contributed by atoms with Crippen LogP contribution >= 0.6 is 0 Å². The van der Waals surface area contributed by atoms with Crippen LogP contribution in [0.4, 0.5) is 4.39 Å². The maximum Gasteiger partial charge on any atom is 0.256 e. The zero-order valence-electron chi connectivity index (χ0n) is 14.7. The summed E-state index contributed by atoms with van der Waals surface area (Å²) < 4.78 is 18.7. The summed E-state index contributed by atoms with van der Waals surface area (Å²) in [4.78, 5) is 16.5. The van der Waals surface area contributed by atoms with Gasteiger partial charge in [0.25, 0.3) is 5.91 Å². The fourth-order valence-electron chi connectivity index (χ4n) is 3.56. The summed E-state index contributed by atoms with van der Waals surface area (Å²) in [7, 11) is 1.84. The molecule has 0 aliphatic carbocycles. The zero-order chi connectivity index (χ0) is 17.6. The van der Waals surface area contributed by atoms with E-state index in [9.17, 15) is 9.18 Å². The smallest absolute Gasteiger partial charge is 0.256 e. The molecular formula is C20H25FN2O2. The Kier molecular flexibility index (Phi) is 5.87. The fourth-order valence-corrected chi connectivity index (χ4v) is 3.56. The summed E-state index contributed by atoms with van der Waals surface area (Å²) in [5.74, 6) is 0.328. The van der Waals surface area contributed by atoms with Gasteiger partial charge in [-0.3, -0.25) is 4.79 Å². The molecule has 0 N–H and O–H groups in total. The van der Waals surface area contributed by atoms with Crippen molar-refractivity contribution in [1.82, 2.24) is 9.80 Å². The van der Waals surface area contributed by atoms with E-state index in [1.54, 1.807) is 17.0 Å². The van der Waals surface area contributed by atoms with E-state index >= 15 is 0 Å². The number of furan rings is 1. The van der Waals surface area contributed by atoms with Crippen LogP contribution in [0.25, 0.3) is 0 Å². The van der Waals surface area contributed by atoms with Gasteiger partial charge in [-0.25, -0.2) is 4.39 Å². The fraction of sp³-hybridized carbons (Fsp3) is 0.450. The third-order valence-corrected chi connectivity index (χ3v) is 4.91. The molecule has 0 bridgehead atoms. The Labute approximate surface area is 148 Å². The van der Waals surface area contributed by atoms with Gasteiger partial charge >= 0.3 is 0 Å². The number of likely N-dealkylation sites (tertiary alicyclic amines) is 1. The molecule has 1 aliphatic rings. The van der Waals surface area contributed by atoms with E-state index in [1.165, 1.54) is 18.6 Å². The van der Waals surface area contributed by atoms with Gasteiger partial charge in [0.05, 0.1) is 11.8 Å². The number of rotatable bonds is 6. The number of nitrogens with zero attached hydrogens (tertiary/aromatic N) is 2. The standard InChI is InChI=1S/C20H25FN2O2/c1-22(20(24)18-9-12-25-15-18)13-16-5-4-10-23(14-16)11-8-17-6-2-3-7-19(17)21/h2-3,6-7,9,12,15-16H,4-5,8,10-11,13-14H2,1H3/t16-/m0/s1. The first-order valence-corrected chi connectivity index (χ1v) is 8.87. The molecule has 1 atom stereocenters. The summed E-state index contributed by atoms with van der Waals surface area (Å²) in [6.45, 7) is 3.60. The number of hydrogen-bond acceptors (Lipinski definition) is 3. The van der Waals surface area contributed by atoms with Gasteiger partial charge in [0.1, 0.15) is 12.1 Å². The van der Waals surface area contributed by atoms with Crippen LogP contribution in [0.2, 0.25) is 0 Å². The molecule has 2 heterocycles. The number of halogens is 1. The van der Waals surface area contributed by atoms with Gasteiger partial charge in [0.15, 0.2) is 0 Å². The minimum atomic E-state index is -0.124. The van der Waals surface area contributed by atoms with Crippen LogP contribution in [-0.2, 0) is 6.42 Å². The maximum atomic E-state index is 13.7. The summed E-state index contributed by atoms with van der Waals surface area (Å²) in [6.07, 6.45) is 5.98. The van der Waals surface area contributed by atoms with Gasteiger partial charge < -0.3 is 14.2 Å². The molecule has 134 valence electrons. The normalized spacial score (nSPS) is 18.2. The first kappa shape index (κ1) is 17.7. The molecule has 1 saturated heterocycles. The molecule has 1 amide bonds. The average Bonchev–Trinajstić information content (AvgIpc) is 3.15. The first-order valence-electron chi connectivity index (χ1n) is 8.87. The SMILES string of the molecule is CN(C[C@@H]1CCCN(CCc2ccccc2F)C1)C(=O)c1ccoc1. The van der Waals surface area contributed by atoms with Crippen molar-refractivity contribution in [3.05, 3.63) is 59.8 Å². The third kappa shape index (κ3) is 4.69. The Bertz CT molecular complexity index is 687. The predicted molar refractivity (Wildman–Crippen MR) is 94.9 cm³/mol. The lowest BCUT2D eigenvalue weighted by Crippen LogP contribution is -2.42. The van der Waals surface area contributed by atoms with Crippen molar-refractivity contribution in [2.45, 2.75) is 19.3 Å².